The molecule has 2 aromatic heterocycles. The first-order valence-corrected chi connectivity index (χ1v) is 9.62. The minimum absolute atomic E-state index is 0.0432. The number of fused-ring (bicyclic) bond motifs is 1. The van der Waals surface area contributed by atoms with Crippen LogP contribution in [0.2, 0.25) is 0 Å². The summed E-state index contributed by atoms with van der Waals surface area (Å²) in [6.07, 6.45) is 0. The summed E-state index contributed by atoms with van der Waals surface area (Å²) in [5.74, 6) is -1.36. The molecule has 0 unspecified atom stereocenters. The number of nitrogens with one attached hydrogen (secondary N) is 1. The van der Waals surface area contributed by atoms with Crippen molar-refractivity contribution < 1.29 is 18.3 Å². The third kappa shape index (κ3) is 4.20. The van der Waals surface area contributed by atoms with Crippen LogP contribution in [-0.2, 0) is 11.3 Å². The van der Waals surface area contributed by atoms with Crippen molar-refractivity contribution in [2.45, 2.75) is 20.4 Å². The van der Waals surface area contributed by atoms with Gasteiger partial charge in [0.15, 0.2) is 5.65 Å². The van der Waals surface area contributed by atoms with Crippen LogP contribution in [0.4, 0.5) is 14.6 Å². The molecule has 1 N–H and O–H groups in total. The number of carbonyl (C=O) groups excluding carboxylic acids is 1. The fraction of sp³-hybridized carbons (Fsp3) is 0.333. The van der Waals surface area contributed by atoms with Crippen molar-refractivity contribution in [1.29, 1.82) is 0 Å². The lowest BCUT2D eigenvalue weighted by molar-refractivity contribution is 0.0940. The molecular weight excluding hydrogens is 392 g/mol. The monoisotopic (exact) mass is 413 g/mol. The Morgan fingerprint density at radius 1 is 1.07 bits per heavy atom. The molecule has 30 heavy (non-hydrogen) atoms. The van der Waals surface area contributed by atoms with E-state index in [9.17, 15) is 13.6 Å². The zero-order valence-corrected chi connectivity index (χ0v) is 16.7. The molecule has 0 bridgehead atoms. The number of nitrogens with zero attached hydrogens (tertiary/aromatic N) is 4. The Balaban J connectivity index is 1.68. The molecule has 4 rings (SSSR count). The molecule has 0 aliphatic carbocycles. The van der Waals surface area contributed by atoms with Gasteiger partial charge in [-0.05, 0) is 43.2 Å². The van der Waals surface area contributed by atoms with Crippen LogP contribution < -0.4 is 10.2 Å². The predicted molar refractivity (Wildman–Crippen MR) is 107 cm³/mol. The van der Waals surface area contributed by atoms with E-state index in [2.05, 4.69) is 25.2 Å². The van der Waals surface area contributed by atoms with Crippen molar-refractivity contribution in [3.63, 3.8) is 0 Å². The van der Waals surface area contributed by atoms with Crippen molar-refractivity contribution in [2.75, 3.05) is 31.2 Å². The van der Waals surface area contributed by atoms with Crippen LogP contribution in [0.1, 0.15) is 27.4 Å². The highest BCUT2D eigenvalue weighted by Gasteiger charge is 2.22. The van der Waals surface area contributed by atoms with E-state index in [0.717, 1.165) is 34.8 Å². The van der Waals surface area contributed by atoms with E-state index >= 15 is 0 Å². The molecule has 0 radical (unpaired) electrons. The normalized spacial score (nSPS) is 14.2. The number of aromatic nitrogens is 3. The van der Waals surface area contributed by atoms with Crippen LogP contribution in [0, 0.1) is 25.5 Å². The van der Waals surface area contributed by atoms with E-state index in [1.807, 2.05) is 19.9 Å². The van der Waals surface area contributed by atoms with E-state index in [-0.39, 0.29) is 12.4 Å². The first kappa shape index (κ1) is 20.1. The summed E-state index contributed by atoms with van der Waals surface area (Å²) in [6, 6.07) is 5.06. The second-order valence-electron chi connectivity index (χ2n) is 7.21. The number of ether oxygens (including phenoxy) is 1. The van der Waals surface area contributed by atoms with Gasteiger partial charge in [-0.2, -0.15) is 0 Å². The Morgan fingerprint density at radius 3 is 2.47 bits per heavy atom. The van der Waals surface area contributed by atoms with Crippen LogP contribution >= 0.6 is 0 Å². The highest BCUT2D eigenvalue weighted by atomic mass is 19.1. The second-order valence-corrected chi connectivity index (χ2v) is 7.21. The molecule has 0 spiro atoms. The molecule has 3 heterocycles. The van der Waals surface area contributed by atoms with Crippen LogP contribution in [-0.4, -0.2) is 47.2 Å². The number of amides is 1. The molecule has 1 aliphatic rings. The predicted octanol–water partition coefficient (Wildman–Crippen LogP) is 2.69. The van der Waals surface area contributed by atoms with E-state index in [0.29, 0.717) is 43.3 Å². The Hall–Kier alpha value is -3.20. The first-order valence-electron chi connectivity index (χ1n) is 9.62. The molecular formula is C21H21F2N5O2. The van der Waals surface area contributed by atoms with Crippen LogP contribution in [0.25, 0.3) is 11.0 Å². The molecule has 1 aromatic carbocycles. The maximum atomic E-state index is 13.4. The molecule has 1 fully saturated rings. The number of benzene rings is 1. The Bertz CT molecular complexity index is 1100. The third-order valence-electron chi connectivity index (χ3n) is 4.86. The van der Waals surface area contributed by atoms with Gasteiger partial charge in [0.05, 0.1) is 18.6 Å². The largest absolute Gasteiger partial charge is 0.378 e. The van der Waals surface area contributed by atoms with Crippen LogP contribution in [0.5, 0.6) is 0 Å². The number of carbonyl (C=O) groups is 1. The SMILES string of the molecule is Cc1cc(C)c2c(N3CCOCC3)nc(C(=O)NCc3cc(F)cc(F)c3)nc2n1. The smallest absolute Gasteiger partial charge is 0.289 e. The Kier molecular flexibility index (Phi) is 5.54. The van der Waals surface area contributed by atoms with Crippen LogP contribution in [0.15, 0.2) is 24.3 Å². The van der Waals surface area contributed by atoms with Gasteiger partial charge in [-0.15, -0.1) is 0 Å². The minimum atomic E-state index is -0.703. The van der Waals surface area contributed by atoms with Gasteiger partial charge in [0.1, 0.15) is 17.5 Å². The van der Waals surface area contributed by atoms with E-state index in [1.54, 1.807) is 0 Å². The Labute approximate surface area is 172 Å². The highest BCUT2D eigenvalue weighted by molar-refractivity contribution is 5.96. The zero-order valence-electron chi connectivity index (χ0n) is 16.7. The average Bonchev–Trinajstić information content (AvgIpc) is 2.71. The van der Waals surface area contributed by atoms with Gasteiger partial charge < -0.3 is 15.0 Å². The summed E-state index contributed by atoms with van der Waals surface area (Å²) < 4.78 is 32.2. The maximum Gasteiger partial charge on any atom is 0.289 e. The zero-order chi connectivity index (χ0) is 21.3. The lowest BCUT2D eigenvalue weighted by atomic mass is 10.1. The van der Waals surface area contributed by atoms with Crippen molar-refractivity contribution >= 4 is 22.8 Å². The van der Waals surface area contributed by atoms with E-state index in [4.69, 9.17) is 4.74 Å². The summed E-state index contributed by atoms with van der Waals surface area (Å²) in [5.41, 5.74) is 2.50. The fourth-order valence-corrected chi connectivity index (χ4v) is 3.54. The molecule has 7 nitrogen and oxygen atoms in total. The van der Waals surface area contributed by atoms with Crippen molar-refractivity contribution in [3.8, 4) is 0 Å². The van der Waals surface area contributed by atoms with Gasteiger partial charge in [-0.1, -0.05) is 0 Å². The standard InChI is InChI=1S/C21H21F2N5O2/c1-12-7-13(2)25-18-17(12)20(28-3-5-30-6-4-28)27-19(26-18)21(29)24-11-14-8-15(22)10-16(23)9-14/h7-10H,3-6,11H2,1-2H3,(H,24,29). The Morgan fingerprint density at radius 2 is 1.77 bits per heavy atom. The topological polar surface area (TPSA) is 80.2 Å². The highest BCUT2D eigenvalue weighted by Crippen LogP contribution is 2.27. The molecule has 0 atom stereocenters. The van der Waals surface area contributed by atoms with Crippen molar-refractivity contribution in [1.82, 2.24) is 20.3 Å². The number of hydrogen-bond acceptors (Lipinski definition) is 6. The summed E-state index contributed by atoms with van der Waals surface area (Å²) in [6.45, 7) is 6.19. The van der Waals surface area contributed by atoms with E-state index in [1.165, 1.54) is 0 Å². The van der Waals surface area contributed by atoms with Gasteiger partial charge in [-0.25, -0.2) is 23.7 Å². The average molecular weight is 413 g/mol. The van der Waals surface area contributed by atoms with Crippen molar-refractivity contribution in [3.05, 3.63) is 58.5 Å². The second kappa shape index (κ2) is 8.27. The van der Waals surface area contributed by atoms with Crippen molar-refractivity contribution in [2.24, 2.45) is 0 Å². The first-order chi connectivity index (χ1) is 14.4. The number of hydrogen-bond donors (Lipinski definition) is 1. The molecule has 9 heteroatoms. The summed E-state index contributed by atoms with van der Waals surface area (Å²) in [7, 11) is 0. The molecule has 1 saturated heterocycles. The fourth-order valence-electron chi connectivity index (χ4n) is 3.54. The van der Waals surface area contributed by atoms with Crippen LogP contribution in [0.3, 0.4) is 0 Å². The van der Waals surface area contributed by atoms with E-state index < -0.39 is 17.5 Å². The number of rotatable bonds is 4. The number of morpholine rings is 1. The van der Waals surface area contributed by atoms with Gasteiger partial charge in [-0.3, -0.25) is 4.79 Å². The number of pyridine rings is 1. The quantitative estimate of drug-likeness (QED) is 0.709. The third-order valence-corrected chi connectivity index (χ3v) is 4.86. The molecule has 1 amide bonds. The summed E-state index contributed by atoms with van der Waals surface area (Å²) >= 11 is 0. The van der Waals surface area contributed by atoms with Gasteiger partial charge in [0, 0.05) is 31.4 Å². The van der Waals surface area contributed by atoms with Gasteiger partial charge in [0.25, 0.3) is 5.91 Å². The number of anilines is 1. The summed E-state index contributed by atoms with van der Waals surface area (Å²) in [4.78, 5) is 28.2. The molecule has 0 saturated carbocycles. The number of halogens is 2. The van der Waals surface area contributed by atoms with Gasteiger partial charge in [0.2, 0.25) is 5.82 Å². The van der Waals surface area contributed by atoms with Gasteiger partial charge >= 0.3 is 0 Å². The lowest BCUT2D eigenvalue weighted by Crippen LogP contribution is -2.37. The molecule has 156 valence electrons. The molecule has 3 aromatic rings. The summed E-state index contributed by atoms with van der Waals surface area (Å²) in [5, 5.41) is 3.42. The number of aryl methyl sites for hydroxylation is 2. The minimum Gasteiger partial charge on any atom is -0.378 e. The lowest BCUT2D eigenvalue weighted by Gasteiger charge is -2.29. The maximum absolute atomic E-state index is 13.4. The molecule has 1 aliphatic heterocycles.